The van der Waals surface area contributed by atoms with Gasteiger partial charge in [-0.25, -0.2) is 0 Å². The lowest BCUT2D eigenvalue weighted by atomic mass is 10.2. The number of ether oxygens (including phenoxy) is 1. The van der Waals surface area contributed by atoms with E-state index >= 15 is 0 Å². The first-order chi connectivity index (χ1) is 8.20. The first-order valence-corrected chi connectivity index (χ1v) is 5.23. The maximum Gasteiger partial charge on any atom is 0.241 e. The largest absolute Gasteiger partial charge is 0.479 e. The molecule has 3 rings (SSSR count). The van der Waals surface area contributed by atoms with Gasteiger partial charge in [-0.15, -0.1) is 15.3 Å². The van der Waals surface area contributed by atoms with E-state index in [2.05, 4.69) is 20.3 Å². The number of hydrogen-bond acceptors (Lipinski definition) is 5. The summed E-state index contributed by atoms with van der Waals surface area (Å²) in [7, 11) is 1.59. The number of hydrogen-bond donors (Lipinski definition) is 0. The van der Waals surface area contributed by atoms with Crippen LogP contribution in [-0.2, 0) is 0 Å². The molecular weight excluding hydrogens is 218 g/mol. The Labute approximate surface area is 97.3 Å². The standard InChI is InChI=1S/C11H11N5O/c1-6-4-8-9(5-12-6)11(17-3)15-16-7(2)13-14-10(8)16/h4-5H,1-3H3. The molecule has 0 N–H and O–H groups in total. The molecule has 0 amide bonds. The number of fused-ring (bicyclic) bond motifs is 3. The molecule has 86 valence electrons. The van der Waals surface area contributed by atoms with Crippen molar-refractivity contribution in [3.8, 4) is 5.88 Å². The summed E-state index contributed by atoms with van der Waals surface area (Å²) in [6.45, 7) is 3.79. The van der Waals surface area contributed by atoms with E-state index in [1.165, 1.54) is 0 Å². The first-order valence-electron chi connectivity index (χ1n) is 5.23. The second kappa shape index (κ2) is 3.38. The molecular formula is C11H11N5O. The van der Waals surface area contributed by atoms with Gasteiger partial charge < -0.3 is 4.74 Å². The smallest absolute Gasteiger partial charge is 0.241 e. The minimum atomic E-state index is 0.530. The SMILES string of the molecule is COc1nn2c(C)nnc2c2cc(C)ncc12. The maximum absolute atomic E-state index is 5.27. The van der Waals surface area contributed by atoms with E-state index in [1.54, 1.807) is 17.8 Å². The van der Waals surface area contributed by atoms with E-state index in [1.807, 2.05) is 19.9 Å². The topological polar surface area (TPSA) is 65.2 Å². The molecule has 0 bridgehead atoms. The lowest BCUT2D eigenvalue weighted by Crippen LogP contribution is -2.00. The Morgan fingerprint density at radius 2 is 2.00 bits per heavy atom. The minimum absolute atomic E-state index is 0.530. The van der Waals surface area contributed by atoms with Crippen LogP contribution in [-0.4, -0.2) is 31.9 Å². The Balaban J connectivity index is 2.57. The summed E-state index contributed by atoms with van der Waals surface area (Å²) in [6, 6.07) is 1.96. The fourth-order valence-electron chi connectivity index (χ4n) is 1.86. The molecule has 0 aliphatic rings. The number of aryl methyl sites for hydroxylation is 2. The van der Waals surface area contributed by atoms with E-state index in [-0.39, 0.29) is 0 Å². The van der Waals surface area contributed by atoms with Crippen molar-refractivity contribution in [2.45, 2.75) is 13.8 Å². The molecule has 3 aromatic heterocycles. The molecule has 0 saturated carbocycles. The van der Waals surface area contributed by atoms with Gasteiger partial charge in [0.2, 0.25) is 5.88 Å². The predicted molar refractivity (Wildman–Crippen MR) is 62.1 cm³/mol. The Hall–Kier alpha value is -2.24. The summed E-state index contributed by atoms with van der Waals surface area (Å²) in [5.41, 5.74) is 1.65. The van der Waals surface area contributed by atoms with E-state index in [4.69, 9.17) is 4.74 Å². The fraction of sp³-hybridized carbons (Fsp3) is 0.273. The summed E-state index contributed by atoms with van der Waals surface area (Å²) < 4.78 is 6.95. The van der Waals surface area contributed by atoms with Crippen LogP contribution in [0.2, 0.25) is 0 Å². The highest BCUT2D eigenvalue weighted by Crippen LogP contribution is 2.25. The van der Waals surface area contributed by atoms with Gasteiger partial charge in [0.1, 0.15) is 0 Å². The zero-order chi connectivity index (χ0) is 12.0. The lowest BCUT2D eigenvalue weighted by molar-refractivity contribution is 0.395. The van der Waals surface area contributed by atoms with Gasteiger partial charge in [-0.3, -0.25) is 4.98 Å². The molecule has 0 spiro atoms. The highest BCUT2D eigenvalue weighted by molar-refractivity contribution is 5.96. The molecule has 6 heteroatoms. The third-order valence-corrected chi connectivity index (χ3v) is 2.69. The van der Waals surface area contributed by atoms with E-state index in [9.17, 15) is 0 Å². The molecule has 6 nitrogen and oxygen atoms in total. The molecule has 3 heterocycles. The van der Waals surface area contributed by atoms with Gasteiger partial charge in [0, 0.05) is 17.3 Å². The molecule has 0 radical (unpaired) electrons. The van der Waals surface area contributed by atoms with Crippen LogP contribution in [0.1, 0.15) is 11.5 Å². The van der Waals surface area contributed by atoms with E-state index < -0.39 is 0 Å². The number of nitrogens with zero attached hydrogens (tertiary/aromatic N) is 5. The van der Waals surface area contributed by atoms with Gasteiger partial charge in [-0.2, -0.15) is 4.52 Å². The molecule has 17 heavy (non-hydrogen) atoms. The van der Waals surface area contributed by atoms with Crippen molar-refractivity contribution in [3.05, 3.63) is 23.8 Å². The third kappa shape index (κ3) is 1.33. The molecule has 0 aromatic carbocycles. The predicted octanol–water partition coefficient (Wildman–Crippen LogP) is 1.30. The van der Waals surface area contributed by atoms with Gasteiger partial charge in [0.25, 0.3) is 0 Å². The van der Waals surface area contributed by atoms with Crippen molar-refractivity contribution in [1.82, 2.24) is 24.8 Å². The monoisotopic (exact) mass is 229 g/mol. The van der Waals surface area contributed by atoms with Gasteiger partial charge in [-0.1, -0.05) is 0 Å². The third-order valence-electron chi connectivity index (χ3n) is 2.69. The summed E-state index contributed by atoms with van der Waals surface area (Å²) in [4.78, 5) is 4.25. The van der Waals surface area contributed by atoms with Crippen LogP contribution in [0.15, 0.2) is 12.3 Å². The normalized spacial score (nSPS) is 11.2. The summed E-state index contributed by atoms with van der Waals surface area (Å²) >= 11 is 0. The maximum atomic E-state index is 5.27. The van der Waals surface area contributed by atoms with Gasteiger partial charge in [-0.05, 0) is 19.9 Å². The van der Waals surface area contributed by atoms with Crippen molar-refractivity contribution in [3.63, 3.8) is 0 Å². The summed E-state index contributed by atoms with van der Waals surface area (Å²) in [5.74, 6) is 1.26. The molecule has 0 aliphatic carbocycles. The number of rotatable bonds is 1. The van der Waals surface area contributed by atoms with E-state index in [0.29, 0.717) is 5.88 Å². The zero-order valence-electron chi connectivity index (χ0n) is 9.80. The van der Waals surface area contributed by atoms with Gasteiger partial charge >= 0.3 is 0 Å². The molecule has 0 fully saturated rings. The van der Waals surface area contributed by atoms with Gasteiger partial charge in [0.15, 0.2) is 11.5 Å². The zero-order valence-corrected chi connectivity index (χ0v) is 9.80. The van der Waals surface area contributed by atoms with Crippen molar-refractivity contribution in [2.75, 3.05) is 7.11 Å². The average Bonchev–Trinajstić information content (AvgIpc) is 2.70. The van der Waals surface area contributed by atoms with Crippen molar-refractivity contribution in [1.29, 1.82) is 0 Å². The van der Waals surface area contributed by atoms with Crippen molar-refractivity contribution in [2.24, 2.45) is 0 Å². The van der Waals surface area contributed by atoms with Crippen LogP contribution in [0, 0.1) is 13.8 Å². The minimum Gasteiger partial charge on any atom is -0.479 e. The molecule has 0 aliphatic heterocycles. The van der Waals surface area contributed by atoms with Crippen molar-refractivity contribution < 1.29 is 4.74 Å². The highest BCUT2D eigenvalue weighted by Gasteiger charge is 2.12. The molecule has 0 atom stereocenters. The van der Waals surface area contributed by atoms with Crippen LogP contribution in [0.4, 0.5) is 0 Å². The second-order valence-corrected chi connectivity index (χ2v) is 3.86. The number of pyridine rings is 1. The Morgan fingerprint density at radius 3 is 2.76 bits per heavy atom. The lowest BCUT2D eigenvalue weighted by Gasteiger charge is -2.06. The Kier molecular flexibility index (Phi) is 1.98. The van der Waals surface area contributed by atoms with Crippen molar-refractivity contribution >= 4 is 16.4 Å². The van der Waals surface area contributed by atoms with Gasteiger partial charge in [0.05, 0.1) is 12.5 Å². The Morgan fingerprint density at radius 1 is 1.18 bits per heavy atom. The molecule has 3 aromatic rings. The van der Waals surface area contributed by atoms with Crippen LogP contribution < -0.4 is 4.74 Å². The first kappa shape index (κ1) is 9.95. The quantitative estimate of drug-likeness (QED) is 0.629. The summed E-state index contributed by atoms with van der Waals surface area (Å²) in [5, 5.41) is 14.3. The van der Waals surface area contributed by atoms with Crippen LogP contribution in [0.25, 0.3) is 16.4 Å². The summed E-state index contributed by atoms with van der Waals surface area (Å²) in [6.07, 6.45) is 1.75. The van der Waals surface area contributed by atoms with Crippen LogP contribution in [0.3, 0.4) is 0 Å². The molecule has 0 unspecified atom stereocenters. The van der Waals surface area contributed by atoms with Crippen LogP contribution in [0.5, 0.6) is 5.88 Å². The van der Waals surface area contributed by atoms with E-state index in [0.717, 1.165) is 27.9 Å². The fourth-order valence-corrected chi connectivity index (χ4v) is 1.86. The second-order valence-electron chi connectivity index (χ2n) is 3.86. The number of methoxy groups -OCH3 is 1. The molecule has 0 saturated heterocycles. The van der Waals surface area contributed by atoms with Crippen LogP contribution >= 0.6 is 0 Å². The average molecular weight is 229 g/mol. The Bertz CT molecular complexity index is 719. The number of aromatic nitrogens is 5. The highest BCUT2D eigenvalue weighted by atomic mass is 16.5.